The molecule has 0 saturated carbocycles. The molecule has 0 bridgehead atoms. The maximum Gasteiger partial charge on any atom is 0.288 e. The molecular weight excluding hydrogens is 196 g/mol. The molecule has 2 heterocycles. The van der Waals surface area contributed by atoms with Gasteiger partial charge in [0.2, 0.25) is 5.82 Å². The highest BCUT2D eigenvalue weighted by molar-refractivity contribution is 5.90. The van der Waals surface area contributed by atoms with Crippen LogP contribution in [0.15, 0.2) is 18.7 Å². The minimum absolute atomic E-state index is 0.207. The van der Waals surface area contributed by atoms with Crippen molar-refractivity contribution in [3.63, 3.8) is 0 Å². The smallest absolute Gasteiger partial charge is 0.288 e. The summed E-state index contributed by atoms with van der Waals surface area (Å²) in [5.74, 6) is -0.0738. The van der Waals surface area contributed by atoms with Crippen LogP contribution in [0.4, 0.5) is 0 Å². The Labute approximate surface area is 85.5 Å². The van der Waals surface area contributed by atoms with E-state index in [1.807, 2.05) is 13.2 Å². The van der Waals surface area contributed by atoms with Gasteiger partial charge in [-0.3, -0.25) is 14.6 Å². The predicted molar refractivity (Wildman–Crippen MR) is 50.8 cm³/mol. The van der Waals surface area contributed by atoms with E-state index in [0.29, 0.717) is 6.54 Å². The van der Waals surface area contributed by atoms with Crippen LogP contribution in [-0.2, 0) is 13.6 Å². The zero-order valence-corrected chi connectivity index (χ0v) is 8.14. The lowest BCUT2D eigenvalue weighted by atomic mass is 10.3. The van der Waals surface area contributed by atoms with E-state index in [-0.39, 0.29) is 11.7 Å². The Kier molecular flexibility index (Phi) is 2.44. The summed E-state index contributed by atoms with van der Waals surface area (Å²) in [6.45, 7) is 0.424. The van der Waals surface area contributed by atoms with Crippen LogP contribution in [0, 0.1) is 0 Å². The summed E-state index contributed by atoms with van der Waals surface area (Å²) in [6, 6.07) is 0. The number of nitrogens with zero attached hydrogens (tertiary/aromatic N) is 4. The van der Waals surface area contributed by atoms with Crippen molar-refractivity contribution in [2.75, 3.05) is 0 Å². The van der Waals surface area contributed by atoms with Gasteiger partial charge >= 0.3 is 0 Å². The molecule has 0 radical (unpaired) electrons. The molecule has 2 N–H and O–H groups in total. The van der Waals surface area contributed by atoms with Crippen LogP contribution < -0.4 is 5.32 Å². The van der Waals surface area contributed by atoms with Crippen LogP contribution in [0.25, 0.3) is 0 Å². The van der Waals surface area contributed by atoms with Crippen molar-refractivity contribution in [2.24, 2.45) is 7.05 Å². The Morgan fingerprint density at radius 1 is 1.67 bits per heavy atom. The minimum Gasteiger partial charge on any atom is -0.345 e. The Balaban J connectivity index is 1.91. The van der Waals surface area contributed by atoms with Crippen LogP contribution in [0.5, 0.6) is 0 Å². The van der Waals surface area contributed by atoms with Gasteiger partial charge in [0.05, 0.1) is 6.20 Å². The monoisotopic (exact) mass is 206 g/mol. The van der Waals surface area contributed by atoms with Gasteiger partial charge in [0, 0.05) is 25.4 Å². The average Bonchev–Trinajstić information content (AvgIpc) is 2.84. The number of aromatic amines is 1. The second-order valence-corrected chi connectivity index (χ2v) is 3.04. The molecule has 0 aromatic carbocycles. The molecular formula is C8H10N6O. The summed E-state index contributed by atoms with van der Waals surface area (Å²) < 4.78 is 1.68. The van der Waals surface area contributed by atoms with Gasteiger partial charge in [-0.15, -0.1) is 0 Å². The summed E-state index contributed by atoms with van der Waals surface area (Å²) in [6.07, 6.45) is 4.82. The van der Waals surface area contributed by atoms with Crippen LogP contribution in [-0.4, -0.2) is 30.9 Å². The van der Waals surface area contributed by atoms with Gasteiger partial charge in [0.25, 0.3) is 5.91 Å². The lowest BCUT2D eigenvalue weighted by molar-refractivity contribution is 0.0941. The third-order valence-corrected chi connectivity index (χ3v) is 1.84. The van der Waals surface area contributed by atoms with E-state index in [4.69, 9.17) is 0 Å². The van der Waals surface area contributed by atoms with E-state index < -0.39 is 0 Å². The highest BCUT2D eigenvalue weighted by Crippen LogP contribution is 1.95. The molecule has 2 aromatic heterocycles. The number of hydrogen-bond acceptors (Lipinski definition) is 4. The van der Waals surface area contributed by atoms with Crippen LogP contribution in [0.3, 0.4) is 0 Å². The number of aryl methyl sites for hydroxylation is 1. The molecule has 0 aliphatic heterocycles. The molecule has 0 fully saturated rings. The second kappa shape index (κ2) is 3.91. The molecule has 78 valence electrons. The summed E-state index contributed by atoms with van der Waals surface area (Å²) >= 11 is 0. The maximum absolute atomic E-state index is 11.4. The van der Waals surface area contributed by atoms with E-state index in [0.717, 1.165) is 5.56 Å². The number of carbonyl (C=O) groups is 1. The lowest BCUT2D eigenvalue weighted by Gasteiger charge is -1.99. The number of aromatic nitrogens is 5. The first-order valence-electron chi connectivity index (χ1n) is 4.37. The lowest BCUT2D eigenvalue weighted by Crippen LogP contribution is -2.23. The van der Waals surface area contributed by atoms with E-state index in [1.165, 1.54) is 6.33 Å². The fourth-order valence-corrected chi connectivity index (χ4v) is 1.14. The molecule has 2 aromatic rings. The van der Waals surface area contributed by atoms with Gasteiger partial charge in [-0.2, -0.15) is 10.2 Å². The first-order valence-corrected chi connectivity index (χ1v) is 4.37. The summed E-state index contributed by atoms with van der Waals surface area (Å²) in [5, 5.41) is 12.7. The zero-order valence-electron chi connectivity index (χ0n) is 8.14. The van der Waals surface area contributed by atoms with Crippen molar-refractivity contribution in [1.29, 1.82) is 0 Å². The number of carbonyl (C=O) groups excluding carboxylic acids is 1. The third-order valence-electron chi connectivity index (χ3n) is 1.84. The summed E-state index contributed by atoms with van der Waals surface area (Å²) in [7, 11) is 1.82. The molecule has 7 nitrogen and oxygen atoms in total. The van der Waals surface area contributed by atoms with E-state index in [9.17, 15) is 4.79 Å². The second-order valence-electron chi connectivity index (χ2n) is 3.04. The number of rotatable bonds is 3. The standard InChI is InChI=1S/C8H10N6O/c1-14-4-6(3-12-14)2-9-8(15)7-10-5-11-13-7/h3-5H,2H2,1H3,(H,9,15)(H,10,11,13). The molecule has 7 heteroatoms. The Morgan fingerprint density at radius 2 is 2.53 bits per heavy atom. The molecule has 1 amide bonds. The Bertz CT molecular complexity index is 445. The van der Waals surface area contributed by atoms with Crippen molar-refractivity contribution in [2.45, 2.75) is 6.54 Å². The number of H-pyrrole nitrogens is 1. The van der Waals surface area contributed by atoms with Gasteiger partial charge in [0.1, 0.15) is 6.33 Å². The first kappa shape index (κ1) is 9.38. The van der Waals surface area contributed by atoms with Crippen LogP contribution in [0.2, 0.25) is 0 Å². The summed E-state index contributed by atoms with van der Waals surface area (Å²) in [4.78, 5) is 15.1. The topological polar surface area (TPSA) is 88.5 Å². The highest BCUT2D eigenvalue weighted by atomic mass is 16.2. The third kappa shape index (κ3) is 2.19. The van der Waals surface area contributed by atoms with E-state index >= 15 is 0 Å². The highest BCUT2D eigenvalue weighted by Gasteiger charge is 2.07. The molecule has 0 aliphatic rings. The van der Waals surface area contributed by atoms with E-state index in [1.54, 1.807) is 10.9 Å². The van der Waals surface area contributed by atoms with Gasteiger partial charge in [-0.05, 0) is 0 Å². The zero-order chi connectivity index (χ0) is 10.7. The quantitative estimate of drug-likeness (QED) is 0.706. The molecule has 2 rings (SSSR count). The minimum atomic E-state index is -0.281. The predicted octanol–water partition coefficient (Wildman–Crippen LogP) is -0.532. The summed E-state index contributed by atoms with van der Waals surface area (Å²) in [5.41, 5.74) is 0.936. The average molecular weight is 206 g/mol. The van der Waals surface area contributed by atoms with Crippen molar-refractivity contribution in [1.82, 2.24) is 30.3 Å². The van der Waals surface area contributed by atoms with Gasteiger partial charge in [-0.1, -0.05) is 0 Å². The fraction of sp³-hybridized carbons (Fsp3) is 0.250. The first-order chi connectivity index (χ1) is 7.25. The molecule has 0 atom stereocenters. The van der Waals surface area contributed by atoms with Gasteiger partial charge < -0.3 is 5.32 Å². The van der Waals surface area contributed by atoms with E-state index in [2.05, 4.69) is 25.6 Å². The fourth-order valence-electron chi connectivity index (χ4n) is 1.14. The van der Waals surface area contributed by atoms with Gasteiger partial charge in [-0.25, -0.2) is 4.98 Å². The molecule has 0 saturated heterocycles. The van der Waals surface area contributed by atoms with Gasteiger partial charge in [0.15, 0.2) is 0 Å². The van der Waals surface area contributed by atoms with Crippen molar-refractivity contribution >= 4 is 5.91 Å². The Hall–Kier alpha value is -2.18. The van der Waals surface area contributed by atoms with Crippen molar-refractivity contribution in [3.05, 3.63) is 30.1 Å². The maximum atomic E-state index is 11.4. The molecule has 0 unspecified atom stereocenters. The largest absolute Gasteiger partial charge is 0.345 e. The Morgan fingerprint density at radius 3 is 3.13 bits per heavy atom. The van der Waals surface area contributed by atoms with Crippen LogP contribution >= 0.6 is 0 Å². The van der Waals surface area contributed by atoms with Crippen LogP contribution in [0.1, 0.15) is 16.2 Å². The molecule has 15 heavy (non-hydrogen) atoms. The number of amides is 1. The van der Waals surface area contributed by atoms with Crippen molar-refractivity contribution in [3.8, 4) is 0 Å². The van der Waals surface area contributed by atoms with Crippen molar-refractivity contribution < 1.29 is 4.79 Å². The number of hydrogen-bond donors (Lipinski definition) is 2. The molecule has 0 aliphatic carbocycles. The SMILES string of the molecule is Cn1cc(CNC(=O)c2ncn[nH]2)cn1. The normalized spacial score (nSPS) is 10.2. The molecule has 0 spiro atoms. The number of nitrogens with one attached hydrogen (secondary N) is 2.